The predicted octanol–water partition coefficient (Wildman–Crippen LogP) is 6.75. The summed E-state index contributed by atoms with van der Waals surface area (Å²) in [6.45, 7) is 2.56. The van der Waals surface area contributed by atoms with Crippen molar-refractivity contribution >= 4 is 29.4 Å². The standard InChI is InChI=1S/C22H19Cl2NO/c1-16(21-12-9-19(23)13-22(21)24)25-14-17-7-10-20(11-8-17)26-15-18-5-3-2-4-6-18/h2-14,16H,15H2,1H3/b25-14-. The van der Waals surface area contributed by atoms with Gasteiger partial charge in [-0.25, -0.2) is 0 Å². The molecule has 0 amide bonds. The van der Waals surface area contributed by atoms with E-state index in [1.807, 2.05) is 79.9 Å². The lowest BCUT2D eigenvalue weighted by Gasteiger charge is -2.09. The lowest BCUT2D eigenvalue weighted by molar-refractivity contribution is 0.306. The topological polar surface area (TPSA) is 21.6 Å². The van der Waals surface area contributed by atoms with E-state index in [0.29, 0.717) is 16.7 Å². The van der Waals surface area contributed by atoms with Gasteiger partial charge in [-0.1, -0.05) is 59.6 Å². The Kier molecular flexibility index (Phi) is 6.32. The Morgan fingerprint density at radius 1 is 0.962 bits per heavy atom. The third-order valence-corrected chi connectivity index (χ3v) is 4.55. The molecule has 3 aromatic carbocycles. The molecule has 0 saturated heterocycles. The van der Waals surface area contributed by atoms with E-state index in [2.05, 4.69) is 4.99 Å². The number of hydrogen-bond donors (Lipinski definition) is 0. The third kappa shape index (κ3) is 5.10. The summed E-state index contributed by atoms with van der Waals surface area (Å²) < 4.78 is 5.79. The Hall–Kier alpha value is -2.29. The average molecular weight is 384 g/mol. The van der Waals surface area contributed by atoms with E-state index < -0.39 is 0 Å². The Morgan fingerprint density at radius 2 is 1.69 bits per heavy atom. The fourth-order valence-electron chi connectivity index (χ4n) is 2.51. The van der Waals surface area contributed by atoms with Gasteiger partial charge < -0.3 is 4.74 Å². The lowest BCUT2D eigenvalue weighted by Crippen LogP contribution is -1.95. The highest BCUT2D eigenvalue weighted by Gasteiger charge is 2.08. The van der Waals surface area contributed by atoms with Gasteiger partial charge in [-0.2, -0.15) is 0 Å². The molecule has 3 aromatic rings. The average Bonchev–Trinajstić information content (AvgIpc) is 2.66. The first-order valence-electron chi connectivity index (χ1n) is 8.37. The van der Waals surface area contributed by atoms with E-state index in [9.17, 15) is 0 Å². The van der Waals surface area contributed by atoms with Gasteiger partial charge in [0.2, 0.25) is 0 Å². The minimum atomic E-state index is -0.0474. The minimum absolute atomic E-state index is 0.0474. The SMILES string of the molecule is CC(/N=C\c1ccc(OCc2ccccc2)cc1)c1ccc(Cl)cc1Cl. The lowest BCUT2D eigenvalue weighted by atomic mass is 10.1. The fourth-order valence-corrected chi connectivity index (χ4v) is 3.08. The van der Waals surface area contributed by atoms with Gasteiger partial charge in [0.05, 0.1) is 6.04 Å². The normalized spacial score (nSPS) is 12.3. The van der Waals surface area contributed by atoms with Crippen LogP contribution in [-0.4, -0.2) is 6.21 Å². The van der Waals surface area contributed by atoms with Crippen LogP contribution in [0.2, 0.25) is 10.0 Å². The highest BCUT2D eigenvalue weighted by atomic mass is 35.5. The zero-order valence-electron chi connectivity index (χ0n) is 14.4. The molecular formula is C22H19Cl2NO. The minimum Gasteiger partial charge on any atom is -0.489 e. The zero-order chi connectivity index (χ0) is 18.4. The molecule has 0 fully saturated rings. The number of nitrogens with zero attached hydrogens (tertiary/aromatic N) is 1. The van der Waals surface area contributed by atoms with E-state index in [0.717, 1.165) is 22.4 Å². The van der Waals surface area contributed by atoms with Gasteiger partial charge in [-0.15, -0.1) is 0 Å². The Labute approximate surface area is 164 Å². The van der Waals surface area contributed by atoms with E-state index in [-0.39, 0.29) is 6.04 Å². The van der Waals surface area contributed by atoms with Gasteiger partial charge in [0.25, 0.3) is 0 Å². The molecule has 0 aliphatic heterocycles. The summed E-state index contributed by atoms with van der Waals surface area (Å²) in [4.78, 5) is 4.59. The molecule has 0 N–H and O–H groups in total. The molecule has 1 unspecified atom stereocenters. The van der Waals surface area contributed by atoms with Crippen LogP contribution >= 0.6 is 23.2 Å². The second-order valence-corrected chi connectivity index (χ2v) is 6.81. The van der Waals surface area contributed by atoms with E-state index in [1.165, 1.54) is 0 Å². The zero-order valence-corrected chi connectivity index (χ0v) is 15.9. The van der Waals surface area contributed by atoms with Crippen molar-refractivity contribution < 1.29 is 4.74 Å². The number of benzene rings is 3. The van der Waals surface area contributed by atoms with Crippen LogP contribution in [0.15, 0.2) is 77.8 Å². The van der Waals surface area contributed by atoms with Gasteiger partial charge in [-0.05, 0) is 60.0 Å². The summed E-state index contributed by atoms with van der Waals surface area (Å²) in [6.07, 6.45) is 1.84. The van der Waals surface area contributed by atoms with Crippen LogP contribution in [0.1, 0.15) is 29.7 Å². The van der Waals surface area contributed by atoms with Gasteiger partial charge in [-0.3, -0.25) is 4.99 Å². The summed E-state index contributed by atoms with van der Waals surface area (Å²) in [5.74, 6) is 0.833. The maximum atomic E-state index is 6.24. The molecule has 0 aliphatic carbocycles. The van der Waals surface area contributed by atoms with Crippen LogP contribution in [-0.2, 0) is 6.61 Å². The molecule has 1 atom stereocenters. The molecule has 4 heteroatoms. The van der Waals surface area contributed by atoms with Gasteiger partial charge >= 0.3 is 0 Å². The molecule has 0 saturated carbocycles. The molecule has 0 spiro atoms. The summed E-state index contributed by atoms with van der Waals surface area (Å²) in [6, 6.07) is 23.4. The van der Waals surface area contributed by atoms with Crippen molar-refractivity contribution in [1.29, 1.82) is 0 Å². The molecule has 0 heterocycles. The summed E-state index contributed by atoms with van der Waals surface area (Å²) in [5, 5.41) is 1.26. The maximum Gasteiger partial charge on any atom is 0.119 e. The number of rotatable bonds is 6. The molecule has 132 valence electrons. The van der Waals surface area contributed by atoms with Gasteiger partial charge in [0.1, 0.15) is 12.4 Å². The van der Waals surface area contributed by atoms with Crippen molar-refractivity contribution in [3.63, 3.8) is 0 Å². The smallest absolute Gasteiger partial charge is 0.119 e. The molecular weight excluding hydrogens is 365 g/mol. The summed E-state index contributed by atoms with van der Waals surface area (Å²) >= 11 is 12.2. The van der Waals surface area contributed by atoms with Crippen molar-refractivity contribution in [2.45, 2.75) is 19.6 Å². The molecule has 2 nitrogen and oxygen atoms in total. The number of hydrogen-bond acceptors (Lipinski definition) is 2. The predicted molar refractivity (Wildman–Crippen MR) is 110 cm³/mol. The molecule has 0 aliphatic rings. The Balaban J connectivity index is 1.60. The van der Waals surface area contributed by atoms with Crippen LogP contribution < -0.4 is 4.74 Å². The van der Waals surface area contributed by atoms with Gasteiger partial charge in [0.15, 0.2) is 0 Å². The van der Waals surface area contributed by atoms with Crippen molar-refractivity contribution in [1.82, 2.24) is 0 Å². The largest absolute Gasteiger partial charge is 0.489 e. The van der Waals surface area contributed by atoms with Crippen LogP contribution in [0.3, 0.4) is 0 Å². The first-order valence-corrected chi connectivity index (χ1v) is 9.12. The molecule has 0 bridgehead atoms. The Bertz CT molecular complexity index is 876. The van der Waals surface area contributed by atoms with Crippen LogP contribution in [0.4, 0.5) is 0 Å². The third-order valence-electron chi connectivity index (χ3n) is 3.99. The van der Waals surface area contributed by atoms with Crippen LogP contribution in [0.25, 0.3) is 0 Å². The molecule has 3 rings (SSSR count). The summed E-state index contributed by atoms with van der Waals surface area (Å²) in [7, 11) is 0. The summed E-state index contributed by atoms with van der Waals surface area (Å²) in [5.41, 5.74) is 3.11. The quantitative estimate of drug-likeness (QED) is 0.431. The van der Waals surface area contributed by atoms with E-state index >= 15 is 0 Å². The van der Waals surface area contributed by atoms with Crippen molar-refractivity contribution in [2.24, 2.45) is 4.99 Å². The molecule has 0 aromatic heterocycles. The van der Waals surface area contributed by atoms with Crippen LogP contribution in [0.5, 0.6) is 5.75 Å². The van der Waals surface area contributed by atoms with Gasteiger partial charge in [0, 0.05) is 16.3 Å². The monoisotopic (exact) mass is 383 g/mol. The fraction of sp³-hybridized carbons (Fsp3) is 0.136. The maximum absolute atomic E-state index is 6.24. The first kappa shape index (κ1) is 18.5. The number of halogens is 2. The highest BCUT2D eigenvalue weighted by Crippen LogP contribution is 2.28. The van der Waals surface area contributed by atoms with E-state index in [1.54, 1.807) is 6.07 Å². The first-order chi connectivity index (χ1) is 12.6. The van der Waals surface area contributed by atoms with E-state index in [4.69, 9.17) is 27.9 Å². The second-order valence-electron chi connectivity index (χ2n) is 5.96. The number of ether oxygens (including phenoxy) is 1. The Morgan fingerprint density at radius 3 is 2.38 bits per heavy atom. The highest BCUT2D eigenvalue weighted by molar-refractivity contribution is 6.35. The van der Waals surface area contributed by atoms with Crippen molar-refractivity contribution in [3.8, 4) is 5.75 Å². The van der Waals surface area contributed by atoms with Crippen LogP contribution in [0, 0.1) is 0 Å². The van der Waals surface area contributed by atoms with Crippen molar-refractivity contribution in [2.75, 3.05) is 0 Å². The number of aliphatic imine (C=N–C) groups is 1. The second kappa shape index (κ2) is 8.88. The van der Waals surface area contributed by atoms with Crippen molar-refractivity contribution in [3.05, 3.63) is 99.5 Å². The molecule has 0 radical (unpaired) electrons. The molecule has 26 heavy (non-hydrogen) atoms.